The molecule has 2 aromatic heterocycles. The van der Waals surface area contributed by atoms with E-state index in [2.05, 4.69) is 15.3 Å². The fourth-order valence-corrected chi connectivity index (χ4v) is 3.72. The molecule has 0 N–H and O–H groups in total. The van der Waals surface area contributed by atoms with E-state index in [9.17, 15) is 4.79 Å². The largest absolute Gasteiger partial charge is 0.493 e. The van der Waals surface area contributed by atoms with E-state index >= 15 is 0 Å². The van der Waals surface area contributed by atoms with Crippen LogP contribution in [0, 0.1) is 13.8 Å². The molecule has 0 spiro atoms. The van der Waals surface area contributed by atoms with E-state index in [1.165, 1.54) is 0 Å². The molecule has 2 aromatic carbocycles. The minimum Gasteiger partial charge on any atom is -0.493 e. The molecule has 0 aliphatic rings. The number of ether oxygens (including phenoxy) is 2. The first-order valence-corrected chi connectivity index (χ1v) is 11.3. The van der Waals surface area contributed by atoms with Gasteiger partial charge in [-0.2, -0.15) is 0 Å². The number of nitrogens with zero attached hydrogens (tertiary/aromatic N) is 4. The van der Waals surface area contributed by atoms with Crippen LogP contribution in [-0.2, 0) is 24.1 Å². The van der Waals surface area contributed by atoms with Crippen molar-refractivity contribution in [1.82, 2.24) is 20.0 Å². The fourth-order valence-electron chi connectivity index (χ4n) is 3.72. The van der Waals surface area contributed by atoms with Crippen LogP contribution in [0.25, 0.3) is 0 Å². The van der Waals surface area contributed by atoms with Crippen molar-refractivity contribution in [3.8, 4) is 5.75 Å². The molecule has 4 aromatic rings. The predicted octanol–water partition coefficient (Wildman–Crippen LogP) is 4.32. The Labute approximate surface area is 198 Å². The SMILES string of the molecule is CCOC(=O)c1c(Cc2ccc(OCCc3nc(C)oc3C)cc2)nnn1Cc1ccccc1. The number of aryl methyl sites for hydroxylation is 2. The number of carbonyl (C=O) groups is 1. The van der Waals surface area contributed by atoms with Gasteiger partial charge in [0.15, 0.2) is 11.6 Å². The number of hydrogen-bond donors (Lipinski definition) is 0. The van der Waals surface area contributed by atoms with E-state index in [0.717, 1.165) is 28.3 Å². The van der Waals surface area contributed by atoms with Crippen LogP contribution in [0.1, 0.15) is 51.6 Å². The highest BCUT2D eigenvalue weighted by Gasteiger charge is 2.22. The minimum atomic E-state index is -0.420. The molecule has 4 rings (SSSR count). The lowest BCUT2D eigenvalue weighted by Gasteiger charge is -2.09. The Morgan fingerprint density at radius 2 is 1.76 bits per heavy atom. The van der Waals surface area contributed by atoms with Crippen LogP contribution in [0.5, 0.6) is 5.75 Å². The number of rotatable bonds is 10. The summed E-state index contributed by atoms with van der Waals surface area (Å²) in [6.07, 6.45) is 1.14. The van der Waals surface area contributed by atoms with Gasteiger partial charge in [0.25, 0.3) is 0 Å². The van der Waals surface area contributed by atoms with E-state index in [1.807, 2.05) is 68.4 Å². The van der Waals surface area contributed by atoms with Crippen LogP contribution in [0.15, 0.2) is 59.0 Å². The average molecular weight is 461 g/mol. The summed E-state index contributed by atoms with van der Waals surface area (Å²) in [5.41, 5.74) is 3.90. The van der Waals surface area contributed by atoms with Crippen molar-refractivity contribution in [1.29, 1.82) is 0 Å². The van der Waals surface area contributed by atoms with Crippen LogP contribution >= 0.6 is 0 Å². The molecule has 2 heterocycles. The van der Waals surface area contributed by atoms with Gasteiger partial charge in [0.05, 0.1) is 25.5 Å². The second-order valence-electron chi connectivity index (χ2n) is 7.90. The lowest BCUT2D eigenvalue weighted by molar-refractivity contribution is 0.0511. The molecule has 0 bridgehead atoms. The Balaban J connectivity index is 1.43. The number of carbonyl (C=O) groups excluding carboxylic acids is 1. The van der Waals surface area contributed by atoms with E-state index in [4.69, 9.17) is 13.9 Å². The highest BCUT2D eigenvalue weighted by molar-refractivity contribution is 5.88. The summed E-state index contributed by atoms with van der Waals surface area (Å²) >= 11 is 0. The molecular formula is C26H28N4O4. The highest BCUT2D eigenvalue weighted by atomic mass is 16.5. The van der Waals surface area contributed by atoms with Crippen LogP contribution in [-0.4, -0.2) is 39.2 Å². The first kappa shape index (κ1) is 23.2. The second-order valence-corrected chi connectivity index (χ2v) is 7.90. The Morgan fingerprint density at radius 1 is 1.00 bits per heavy atom. The second kappa shape index (κ2) is 10.8. The summed E-state index contributed by atoms with van der Waals surface area (Å²) in [7, 11) is 0. The summed E-state index contributed by atoms with van der Waals surface area (Å²) in [5, 5.41) is 8.53. The summed E-state index contributed by atoms with van der Waals surface area (Å²) in [5.74, 6) is 1.84. The zero-order valence-corrected chi connectivity index (χ0v) is 19.7. The molecule has 8 heteroatoms. The number of aromatic nitrogens is 4. The molecule has 0 saturated heterocycles. The smallest absolute Gasteiger partial charge is 0.358 e. The number of oxazole rings is 1. The highest BCUT2D eigenvalue weighted by Crippen LogP contribution is 2.19. The van der Waals surface area contributed by atoms with Crippen LogP contribution in [0.4, 0.5) is 0 Å². The van der Waals surface area contributed by atoms with E-state index < -0.39 is 5.97 Å². The van der Waals surface area contributed by atoms with E-state index in [-0.39, 0.29) is 6.61 Å². The Kier molecular flexibility index (Phi) is 7.37. The summed E-state index contributed by atoms with van der Waals surface area (Å²) in [6.45, 7) is 6.77. The summed E-state index contributed by atoms with van der Waals surface area (Å²) < 4.78 is 18.2. The maximum atomic E-state index is 12.7. The quantitative estimate of drug-likeness (QED) is 0.325. The monoisotopic (exact) mass is 460 g/mol. The van der Waals surface area contributed by atoms with Crippen molar-refractivity contribution in [2.24, 2.45) is 0 Å². The summed E-state index contributed by atoms with van der Waals surface area (Å²) in [6, 6.07) is 17.6. The molecule has 0 atom stereocenters. The number of esters is 1. The Hall–Kier alpha value is -3.94. The van der Waals surface area contributed by atoms with Gasteiger partial charge in [-0.1, -0.05) is 47.7 Å². The van der Waals surface area contributed by atoms with Gasteiger partial charge in [-0.05, 0) is 37.1 Å². The molecule has 8 nitrogen and oxygen atoms in total. The zero-order valence-electron chi connectivity index (χ0n) is 19.7. The van der Waals surface area contributed by atoms with Gasteiger partial charge in [-0.15, -0.1) is 5.10 Å². The maximum absolute atomic E-state index is 12.7. The molecule has 0 radical (unpaired) electrons. The van der Waals surface area contributed by atoms with Gasteiger partial charge in [-0.3, -0.25) is 0 Å². The van der Waals surface area contributed by atoms with Gasteiger partial charge in [0, 0.05) is 19.8 Å². The van der Waals surface area contributed by atoms with Crippen LogP contribution < -0.4 is 4.74 Å². The standard InChI is InChI=1S/C26H28N4O4/c1-4-32-26(31)25-24(28-29-30(25)17-21-8-6-5-7-9-21)16-20-10-12-22(13-11-20)33-15-14-23-18(2)34-19(3)27-23/h5-13H,4,14-17H2,1-3H3. The maximum Gasteiger partial charge on any atom is 0.358 e. The molecule has 0 aliphatic carbocycles. The molecule has 0 amide bonds. The van der Waals surface area contributed by atoms with Crippen molar-refractivity contribution in [2.75, 3.05) is 13.2 Å². The molecule has 0 fully saturated rings. The first-order chi connectivity index (χ1) is 16.5. The van der Waals surface area contributed by atoms with Crippen molar-refractivity contribution < 1.29 is 18.7 Å². The predicted molar refractivity (Wildman–Crippen MR) is 126 cm³/mol. The number of benzene rings is 2. The molecular weight excluding hydrogens is 432 g/mol. The third-order valence-corrected chi connectivity index (χ3v) is 5.35. The first-order valence-electron chi connectivity index (χ1n) is 11.3. The third kappa shape index (κ3) is 5.70. The summed E-state index contributed by atoms with van der Waals surface area (Å²) in [4.78, 5) is 17.1. The third-order valence-electron chi connectivity index (χ3n) is 5.35. The topological polar surface area (TPSA) is 92.3 Å². The van der Waals surface area contributed by atoms with Crippen LogP contribution in [0.3, 0.4) is 0 Å². The molecule has 176 valence electrons. The van der Waals surface area contributed by atoms with E-state index in [0.29, 0.717) is 43.3 Å². The van der Waals surface area contributed by atoms with Gasteiger partial charge >= 0.3 is 5.97 Å². The van der Waals surface area contributed by atoms with Gasteiger partial charge in [-0.25, -0.2) is 14.5 Å². The van der Waals surface area contributed by atoms with Crippen molar-refractivity contribution >= 4 is 5.97 Å². The Bertz CT molecular complexity index is 1230. The zero-order chi connectivity index (χ0) is 23.9. The molecule has 0 aliphatic heterocycles. The van der Waals surface area contributed by atoms with Gasteiger partial charge in [0.2, 0.25) is 0 Å². The van der Waals surface area contributed by atoms with Gasteiger partial charge in [0.1, 0.15) is 17.2 Å². The lowest BCUT2D eigenvalue weighted by atomic mass is 10.1. The van der Waals surface area contributed by atoms with Crippen molar-refractivity contribution in [3.05, 3.63) is 94.5 Å². The van der Waals surface area contributed by atoms with Gasteiger partial charge < -0.3 is 13.9 Å². The fraction of sp³-hybridized carbons (Fsp3) is 0.308. The number of hydrogen-bond acceptors (Lipinski definition) is 7. The van der Waals surface area contributed by atoms with Crippen molar-refractivity contribution in [3.63, 3.8) is 0 Å². The average Bonchev–Trinajstić information content (AvgIpc) is 3.37. The minimum absolute atomic E-state index is 0.286. The normalized spacial score (nSPS) is 10.9. The Morgan fingerprint density at radius 3 is 2.44 bits per heavy atom. The van der Waals surface area contributed by atoms with Crippen LogP contribution in [0.2, 0.25) is 0 Å². The van der Waals surface area contributed by atoms with Crippen molar-refractivity contribution in [2.45, 2.75) is 40.2 Å². The van der Waals surface area contributed by atoms with E-state index in [1.54, 1.807) is 11.6 Å². The molecule has 34 heavy (non-hydrogen) atoms. The lowest BCUT2D eigenvalue weighted by Crippen LogP contribution is -2.16. The molecule has 0 saturated carbocycles. The molecule has 0 unspecified atom stereocenters.